The number of isocyanates is 1. The van der Waals surface area contributed by atoms with Gasteiger partial charge in [0.05, 0.1) is 19.2 Å². The molecule has 0 N–H and O–H groups in total. The van der Waals surface area contributed by atoms with Crippen LogP contribution in [-0.2, 0) is 10.3 Å². The number of benzene rings is 1. The minimum absolute atomic E-state index is 0.227. The zero-order valence-corrected chi connectivity index (χ0v) is 14.3. The number of rotatable bonds is 5. The Balaban J connectivity index is 2.81. The summed E-state index contributed by atoms with van der Waals surface area (Å²) in [7, 11) is 3.18. The molecular weight excluding hydrogens is 302 g/mol. The lowest BCUT2D eigenvalue weighted by Gasteiger charge is -2.29. The van der Waals surface area contributed by atoms with Crippen molar-refractivity contribution in [3.8, 4) is 11.5 Å². The Morgan fingerprint density at radius 2 is 1.91 bits per heavy atom. The fourth-order valence-corrected chi connectivity index (χ4v) is 3.83. The molecule has 4 nitrogen and oxygen atoms in total. The normalized spacial score (nSPS) is 16.5. The van der Waals surface area contributed by atoms with Crippen LogP contribution in [0.3, 0.4) is 0 Å². The van der Waals surface area contributed by atoms with Gasteiger partial charge in [0.25, 0.3) is 0 Å². The van der Waals surface area contributed by atoms with Crippen molar-refractivity contribution in [1.29, 1.82) is 0 Å². The van der Waals surface area contributed by atoms with Crippen LogP contribution in [0.4, 0.5) is 0 Å². The fourth-order valence-electron chi connectivity index (χ4n) is 3.29. The van der Waals surface area contributed by atoms with E-state index in [9.17, 15) is 4.79 Å². The van der Waals surface area contributed by atoms with Crippen molar-refractivity contribution in [2.45, 2.75) is 51.0 Å². The Kier molecular flexibility index (Phi) is 5.15. The van der Waals surface area contributed by atoms with E-state index in [0.29, 0.717) is 16.5 Å². The van der Waals surface area contributed by atoms with Gasteiger partial charge < -0.3 is 9.47 Å². The first-order valence-corrected chi connectivity index (χ1v) is 7.92. The van der Waals surface area contributed by atoms with Crippen LogP contribution in [0, 0.1) is 0 Å². The van der Waals surface area contributed by atoms with E-state index in [4.69, 9.17) is 21.1 Å². The molecule has 1 aromatic rings. The minimum Gasteiger partial charge on any atom is -0.493 e. The molecule has 0 amide bonds. The first kappa shape index (κ1) is 16.9. The summed E-state index contributed by atoms with van der Waals surface area (Å²) in [5, 5.41) is 0.619. The van der Waals surface area contributed by atoms with Crippen LogP contribution in [0.25, 0.3) is 0 Å². The van der Waals surface area contributed by atoms with E-state index in [0.717, 1.165) is 36.8 Å². The van der Waals surface area contributed by atoms with E-state index in [1.54, 1.807) is 20.3 Å². The molecule has 0 aliphatic heterocycles. The summed E-state index contributed by atoms with van der Waals surface area (Å²) in [5.74, 6) is 1.42. The van der Waals surface area contributed by atoms with Crippen molar-refractivity contribution in [2.75, 3.05) is 14.2 Å². The molecule has 1 aromatic carbocycles. The quantitative estimate of drug-likeness (QED) is 0.588. The summed E-state index contributed by atoms with van der Waals surface area (Å²) in [5.41, 5.74) is 1.09. The largest absolute Gasteiger partial charge is 0.493 e. The van der Waals surface area contributed by atoms with Gasteiger partial charge in [-0.2, -0.15) is 4.99 Å². The van der Waals surface area contributed by atoms with Crippen LogP contribution in [0.1, 0.15) is 56.6 Å². The Hall–Kier alpha value is -1.51. The van der Waals surface area contributed by atoms with Crippen LogP contribution in [-0.4, -0.2) is 20.3 Å². The van der Waals surface area contributed by atoms with Crippen molar-refractivity contribution < 1.29 is 14.3 Å². The highest BCUT2D eigenvalue weighted by molar-refractivity contribution is 6.32. The van der Waals surface area contributed by atoms with Gasteiger partial charge in [-0.25, -0.2) is 4.79 Å². The molecule has 0 saturated heterocycles. The number of nitrogens with zero attached hydrogens (tertiary/aromatic N) is 1. The maximum absolute atomic E-state index is 11.0. The zero-order valence-electron chi connectivity index (χ0n) is 13.5. The maximum atomic E-state index is 11.0. The Morgan fingerprint density at radius 3 is 2.36 bits per heavy atom. The highest BCUT2D eigenvalue weighted by atomic mass is 35.5. The standard InChI is InChI=1S/C17H22ClNO3/c1-11(2)12-9-13(21-3)16(22-4)14(15(12)18)17(19-10-20)7-5-6-8-17/h9,11H,5-8H2,1-4H3. The lowest BCUT2D eigenvalue weighted by molar-refractivity contribution is 0.336. The Labute approximate surface area is 136 Å². The minimum atomic E-state index is -0.650. The van der Waals surface area contributed by atoms with E-state index in [2.05, 4.69) is 18.8 Å². The van der Waals surface area contributed by atoms with Crippen molar-refractivity contribution in [3.63, 3.8) is 0 Å². The lowest BCUT2D eigenvalue weighted by atomic mass is 9.85. The number of ether oxygens (including phenoxy) is 2. The highest BCUT2D eigenvalue weighted by Gasteiger charge is 2.41. The van der Waals surface area contributed by atoms with Gasteiger partial charge in [0, 0.05) is 5.56 Å². The molecule has 0 radical (unpaired) electrons. The average Bonchev–Trinajstić information content (AvgIpc) is 2.95. The van der Waals surface area contributed by atoms with E-state index in [1.165, 1.54) is 0 Å². The van der Waals surface area contributed by atoms with E-state index in [-0.39, 0.29) is 5.92 Å². The molecule has 0 heterocycles. The van der Waals surface area contributed by atoms with Crippen molar-refractivity contribution in [1.82, 2.24) is 0 Å². The van der Waals surface area contributed by atoms with Crippen LogP contribution < -0.4 is 9.47 Å². The van der Waals surface area contributed by atoms with E-state index < -0.39 is 5.54 Å². The molecule has 5 heteroatoms. The molecule has 1 fully saturated rings. The smallest absolute Gasteiger partial charge is 0.235 e. The molecular formula is C17H22ClNO3. The van der Waals surface area contributed by atoms with E-state index in [1.807, 2.05) is 6.07 Å². The number of carbonyl (C=O) groups excluding carboxylic acids is 1. The summed E-state index contributed by atoms with van der Waals surface area (Å²) >= 11 is 6.70. The van der Waals surface area contributed by atoms with Crippen molar-refractivity contribution >= 4 is 17.7 Å². The number of halogens is 1. The number of hydrogen-bond acceptors (Lipinski definition) is 4. The third-order valence-corrected chi connectivity index (χ3v) is 4.82. The van der Waals surface area contributed by atoms with Gasteiger partial charge in [-0.1, -0.05) is 38.3 Å². The van der Waals surface area contributed by atoms with Crippen LogP contribution >= 0.6 is 11.6 Å². The second-order valence-electron chi connectivity index (χ2n) is 5.99. The van der Waals surface area contributed by atoms with Gasteiger partial charge in [0.2, 0.25) is 6.08 Å². The number of aliphatic imine (C=N–C) groups is 1. The summed E-state index contributed by atoms with van der Waals surface area (Å²) < 4.78 is 11.0. The van der Waals surface area contributed by atoms with Gasteiger partial charge in [0.1, 0.15) is 5.54 Å². The van der Waals surface area contributed by atoms with Crippen LogP contribution in [0.15, 0.2) is 11.1 Å². The number of methoxy groups -OCH3 is 2. The van der Waals surface area contributed by atoms with E-state index >= 15 is 0 Å². The predicted molar refractivity (Wildman–Crippen MR) is 86.9 cm³/mol. The molecule has 0 atom stereocenters. The third-order valence-electron chi connectivity index (χ3n) is 4.41. The second-order valence-corrected chi connectivity index (χ2v) is 6.36. The molecule has 2 rings (SSSR count). The maximum Gasteiger partial charge on any atom is 0.235 e. The molecule has 0 bridgehead atoms. The van der Waals surface area contributed by atoms with Gasteiger partial charge in [0.15, 0.2) is 11.5 Å². The Morgan fingerprint density at radius 1 is 1.27 bits per heavy atom. The fraction of sp³-hybridized carbons (Fsp3) is 0.588. The molecule has 120 valence electrons. The summed E-state index contributed by atoms with van der Waals surface area (Å²) in [6.45, 7) is 4.14. The van der Waals surface area contributed by atoms with Crippen molar-refractivity contribution in [2.24, 2.45) is 4.99 Å². The molecule has 0 unspecified atom stereocenters. The summed E-state index contributed by atoms with van der Waals surface area (Å²) in [6.07, 6.45) is 5.27. The van der Waals surface area contributed by atoms with Crippen molar-refractivity contribution in [3.05, 3.63) is 22.2 Å². The molecule has 1 aliphatic rings. The SMILES string of the molecule is COc1cc(C(C)C)c(Cl)c(C2(N=C=O)CCCC2)c1OC. The molecule has 22 heavy (non-hydrogen) atoms. The topological polar surface area (TPSA) is 47.9 Å². The lowest BCUT2D eigenvalue weighted by Crippen LogP contribution is -2.22. The summed E-state index contributed by atoms with van der Waals surface area (Å²) in [6, 6.07) is 1.91. The van der Waals surface area contributed by atoms with Crippen LogP contribution in [0.2, 0.25) is 5.02 Å². The average molecular weight is 324 g/mol. The van der Waals surface area contributed by atoms with Gasteiger partial charge >= 0.3 is 0 Å². The van der Waals surface area contributed by atoms with Crippen LogP contribution in [0.5, 0.6) is 11.5 Å². The number of hydrogen-bond donors (Lipinski definition) is 0. The monoisotopic (exact) mass is 323 g/mol. The molecule has 0 spiro atoms. The molecule has 0 aromatic heterocycles. The van der Waals surface area contributed by atoms with Gasteiger partial charge in [-0.15, -0.1) is 0 Å². The second kappa shape index (κ2) is 6.72. The first-order chi connectivity index (χ1) is 10.5. The third kappa shape index (κ3) is 2.73. The first-order valence-electron chi connectivity index (χ1n) is 7.54. The Bertz CT molecular complexity index is 600. The van der Waals surface area contributed by atoms with Gasteiger partial charge in [-0.3, -0.25) is 0 Å². The van der Waals surface area contributed by atoms with Gasteiger partial charge in [-0.05, 0) is 30.4 Å². The molecule has 1 saturated carbocycles. The molecule has 1 aliphatic carbocycles. The summed E-state index contributed by atoms with van der Waals surface area (Å²) in [4.78, 5) is 15.2. The zero-order chi connectivity index (χ0) is 16.3. The highest BCUT2D eigenvalue weighted by Crippen LogP contribution is 2.53. The predicted octanol–water partition coefficient (Wildman–Crippen LogP) is 4.59.